The van der Waals surface area contributed by atoms with Crippen molar-refractivity contribution in [2.24, 2.45) is 0 Å². The van der Waals surface area contributed by atoms with Gasteiger partial charge in [-0.1, -0.05) is 17.4 Å². The number of benzene rings is 2. The third kappa shape index (κ3) is 4.34. The molecule has 0 aliphatic carbocycles. The Hall–Kier alpha value is -2.44. The average molecular weight is 398 g/mol. The summed E-state index contributed by atoms with van der Waals surface area (Å²) in [7, 11) is 8.18. The monoisotopic (exact) mass is 397 g/mol. The molecular formula is C22H29N4OS+. The SMILES string of the molecule is Cc1cc(C)c2nc(N(CC[NH+](C)C)C(=O)c3ccc(N(C)C)cc3)sc2c1. The van der Waals surface area contributed by atoms with Crippen LogP contribution in [0, 0.1) is 13.8 Å². The van der Waals surface area contributed by atoms with Gasteiger partial charge in [0.15, 0.2) is 5.13 Å². The molecule has 1 heterocycles. The molecule has 0 saturated carbocycles. The van der Waals surface area contributed by atoms with E-state index in [1.54, 1.807) is 11.3 Å². The van der Waals surface area contributed by atoms with Crippen molar-refractivity contribution in [3.63, 3.8) is 0 Å². The van der Waals surface area contributed by atoms with Crippen molar-refractivity contribution in [2.45, 2.75) is 13.8 Å². The molecule has 5 nitrogen and oxygen atoms in total. The number of likely N-dealkylation sites (N-methyl/N-ethyl adjacent to an activating group) is 1. The summed E-state index contributed by atoms with van der Waals surface area (Å²) in [4.78, 5) is 23.3. The molecule has 2 aromatic carbocycles. The number of hydrogen-bond acceptors (Lipinski definition) is 4. The molecule has 3 aromatic rings. The summed E-state index contributed by atoms with van der Waals surface area (Å²) in [5.74, 6) is -0.0000118. The molecule has 0 atom stereocenters. The van der Waals surface area contributed by atoms with Gasteiger partial charge in [-0.2, -0.15) is 0 Å². The van der Waals surface area contributed by atoms with Gasteiger partial charge in [0.1, 0.15) is 0 Å². The maximum atomic E-state index is 13.3. The fourth-order valence-electron chi connectivity index (χ4n) is 3.15. The van der Waals surface area contributed by atoms with Crippen molar-refractivity contribution in [3.8, 4) is 0 Å². The first-order valence-electron chi connectivity index (χ1n) is 9.52. The number of nitrogens with one attached hydrogen (secondary N) is 1. The van der Waals surface area contributed by atoms with E-state index >= 15 is 0 Å². The number of amides is 1. The van der Waals surface area contributed by atoms with E-state index in [9.17, 15) is 4.79 Å². The van der Waals surface area contributed by atoms with Crippen molar-refractivity contribution < 1.29 is 9.69 Å². The number of fused-ring (bicyclic) bond motifs is 1. The van der Waals surface area contributed by atoms with Gasteiger partial charge in [0.05, 0.1) is 37.4 Å². The van der Waals surface area contributed by atoms with Gasteiger partial charge in [-0.3, -0.25) is 9.69 Å². The number of aryl methyl sites for hydroxylation is 2. The molecule has 148 valence electrons. The minimum Gasteiger partial charge on any atom is -0.378 e. The van der Waals surface area contributed by atoms with E-state index in [2.05, 4.69) is 40.1 Å². The van der Waals surface area contributed by atoms with Crippen molar-refractivity contribution in [3.05, 3.63) is 53.1 Å². The number of hydrogen-bond donors (Lipinski definition) is 1. The van der Waals surface area contributed by atoms with Crippen LogP contribution in [0.15, 0.2) is 36.4 Å². The lowest BCUT2D eigenvalue weighted by Gasteiger charge is -2.21. The maximum absolute atomic E-state index is 13.3. The van der Waals surface area contributed by atoms with Crippen molar-refractivity contribution in [1.29, 1.82) is 0 Å². The number of rotatable bonds is 6. The van der Waals surface area contributed by atoms with Crippen LogP contribution in [-0.2, 0) is 0 Å². The first kappa shape index (κ1) is 20.3. The summed E-state index contributed by atoms with van der Waals surface area (Å²) < 4.78 is 1.13. The largest absolute Gasteiger partial charge is 0.378 e. The highest BCUT2D eigenvalue weighted by molar-refractivity contribution is 7.22. The third-order valence-electron chi connectivity index (χ3n) is 4.76. The van der Waals surface area contributed by atoms with Crippen molar-refractivity contribution in [1.82, 2.24) is 4.98 Å². The summed E-state index contributed by atoms with van der Waals surface area (Å²) in [5, 5.41) is 0.770. The van der Waals surface area contributed by atoms with E-state index in [0.29, 0.717) is 12.1 Å². The quantitative estimate of drug-likeness (QED) is 0.695. The topological polar surface area (TPSA) is 40.9 Å². The molecule has 0 aliphatic heterocycles. The number of aromatic nitrogens is 1. The minimum absolute atomic E-state index is 0.0000118. The Morgan fingerprint density at radius 2 is 1.79 bits per heavy atom. The zero-order valence-electron chi connectivity index (χ0n) is 17.5. The van der Waals surface area contributed by atoms with Gasteiger partial charge in [-0.15, -0.1) is 0 Å². The molecule has 0 saturated heterocycles. The van der Waals surface area contributed by atoms with E-state index in [4.69, 9.17) is 4.98 Å². The Morgan fingerprint density at radius 3 is 2.39 bits per heavy atom. The molecule has 1 amide bonds. The molecule has 1 aromatic heterocycles. The molecule has 0 fully saturated rings. The highest BCUT2D eigenvalue weighted by atomic mass is 32.1. The zero-order valence-corrected chi connectivity index (χ0v) is 18.4. The number of nitrogens with zero attached hydrogens (tertiary/aromatic N) is 3. The standard InChI is InChI=1S/C22H28N4OS/c1-15-13-16(2)20-19(14-15)28-22(23-20)26(12-11-24(3)4)21(27)17-7-9-18(10-8-17)25(5)6/h7-10,13-14H,11-12H2,1-6H3/p+1. The predicted molar refractivity (Wildman–Crippen MR) is 119 cm³/mol. The van der Waals surface area contributed by atoms with Crippen LogP contribution >= 0.6 is 11.3 Å². The second-order valence-corrected chi connectivity index (χ2v) is 8.79. The van der Waals surface area contributed by atoms with E-state index < -0.39 is 0 Å². The Balaban J connectivity index is 1.98. The van der Waals surface area contributed by atoms with E-state index in [1.165, 1.54) is 10.5 Å². The van der Waals surface area contributed by atoms with Crippen molar-refractivity contribution in [2.75, 3.05) is 51.1 Å². The fourth-order valence-corrected chi connectivity index (χ4v) is 4.32. The molecule has 0 unspecified atom stereocenters. The van der Waals surface area contributed by atoms with Crippen molar-refractivity contribution >= 4 is 38.3 Å². The molecule has 6 heteroatoms. The van der Waals surface area contributed by atoms with Gasteiger partial charge in [-0.05, 0) is 55.3 Å². The minimum atomic E-state index is -0.0000118. The Morgan fingerprint density at radius 1 is 1.11 bits per heavy atom. The Kier molecular flexibility index (Phi) is 6.01. The van der Waals surface area contributed by atoms with E-state index in [0.717, 1.165) is 33.1 Å². The Bertz CT molecular complexity index is 976. The lowest BCUT2D eigenvalue weighted by Crippen LogP contribution is -3.06. The molecule has 0 radical (unpaired) electrons. The second kappa shape index (κ2) is 8.29. The van der Waals surface area contributed by atoms with Gasteiger partial charge >= 0.3 is 0 Å². The van der Waals surface area contributed by atoms with Crippen LogP contribution in [0.3, 0.4) is 0 Å². The van der Waals surface area contributed by atoms with Crippen LogP contribution in [0.5, 0.6) is 0 Å². The van der Waals surface area contributed by atoms with Gasteiger partial charge in [-0.25, -0.2) is 4.98 Å². The highest BCUT2D eigenvalue weighted by Crippen LogP contribution is 2.32. The average Bonchev–Trinajstić information content (AvgIpc) is 3.05. The first-order chi connectivity index (χ1) is 13.3. The summed E-state index contributed by atoms with van der Waals surface area (Å²) in [6, 6.07) is 12.0. The highest BCUT2D eigenvalue weighted by Gasteiger charge is 2.22. The summed E-state index contributed by atoms with van der Waals surface area (Å²) in [6.07, 6.45) is 0. The van der Waals surface area contributed by atoms with Crippen LogP contribution in [0.4, 0.5) is 10.8 Å². The van der Waals surface area contributed by atoms with E-state index in [1.807, 2.05) is 48.2 Å². The number of carbonyl (C=O) groups is 1. The van der Waals surface area contributed by atoms with Gasteiger partial charge < -0.3 is 9.80 Å². The van der Waals surface area contributed by atoms with Crippen LogP contribution in [0.25, 0.3) is 10.2 Å². The molecule has 3 rings (SSSR count). The smallest absolute Gasteiger partial charge is 0.260 e. The number of anilines is 2. The maximum Gasteiger partial charge on any atom is 0.260 e. The van der Waals surface area contributed by atoms with Gasteiger partial charge in [0, 0.05) is 25.3 Å². The molecule has 0 spiro atoms. The first-order valence-corrected chi connectivity index (χ1v) is 10.3. The number of quaternary nitrogens is 1. The summed E-state index contributed by atoms with van der Waals surface area (Å²) in [6.45, 7) is 5.66. The molecule has 0 aliphatic rings. The number of carbonyl (C=O) groups excluding carboxylic acids is 1. The molecule has 0 bridgehead atoms. The molecular weight excluding hydrogens is 368 g/mol. The summed E-state index contributed by atoms with van der Waals surface area (Å²) in [5.41, 5.74) is 5.12. The zero-order chi connectivity index (χ0) is 20.4. The molecule has 1 N–H and O–H groups in total. The van der Waals surface area contributed by atoms with Crippen LogP contribution in [0.1, 0.15) is 21.5 Å². The second-order valence-electron chi connectivity index (χ2n) is 7.78. The van der Waals surface area contributed by atoms with E-state index in [-0.39, 0.29) is 5.91 Å². The number of thiazole rings is 1. The van der Waals surface area contributed by atoms with Crippen LogP contribution in [0.2, 0.25) is 0 Å². The van der Waals surface area contributed by atoms with Crippen LogP contribution < -0.4 is 14.7 Å². The third-order valence-corrected chi connectivity index (χ3v) is 5.79. The van der Waals surface area contributed by atoms with Crippen LogP contribution in [-0.4, -0.2) is 52.2 Å². The normalized spacial score (nSPS) is 11.2. The Labute approximate surface area is 171 Å². The lowest BCUT2D eigenvalue weighted by molar-refractivity contribution is -0.856. The fraction of sp³-hybridized carbons (Fsp3) is 0.364. The predicted octanol–water partition coefficient (Wildman–Crippen LogP) is 2.77. The lowest BCUT2D eigenvalue weighted by atomic mass is 10.1. The summed E-state index contributed by atoms with van der Waals surface area (Å²) >= 11 is 1.59. The van der Waals surface area contributed by atoms with Gasteiger partial charge in [0.25, 0.3) is 5.91 Å². The van der Waals surface area contributed by atoms with Gasteiger partial charge in [0.2, 0.25) is 0 Å². The molecule has 28 heavy (non-hydrogen) atoms.